The van der Waals surface area contributed by atoms with Crippen LogP contribution in [0.3, 0.4) is 0 Å². The lowest BCUT2D eigenvalue weighted by Gasteiger charge is -2.09. The van der Waals surface area contributed by atoms with Crippen LogP contribution in [0.25, 0.3) is 0 Å². The summed E-state index contributed by atoms with van der Waals surface area (Å²) in [6.07, 6.45) is 1.04. The Labute approximate surface area is 73.0 Å². The van der Waals surface area contributed by atoms with Gasteiger partial charge in [0.25, 0.3) is 0 Å². The quantitative estimate of drug-likeness (QED) is 0.689. The molecule has 0 saturated heterocycles. The average Bonchev–Trinajstić information content (AvgIpc) is 2.46. The second kappa shape index (κ2) is 2.94. The molecular weight excluding hydrogens is 150 g/mol. The molecule has 0 spiro atoms. The number of hydrogen-bond donors (Lipinski definition) is 1. The topological polar surface area (TPSA) is 25.2 Å². The van der Waals surface area contributed by atoms with Crippen molar-refractivity contribution in [3.63, 3.8) is 0 Å². The number of fused-ring (bicyclic) bond motifs is 1. The van der Waals surface area contributed by atoms with Crippen LogP contribution in [0.1, 0.15) is 36.8 Å². The normalized spacial score (nSPS) is 16.6. The van der Waals surface area contributed by atoms with Crippen LogP contribution in [0, 0.1) is 0 Å². The first-order valence-electron chi connectivity index (χ1n) is 4.59. The standard InChI is InChI=1S/C10H15NO/c1-7(2)10-5-8-6-11-4-3-9(8)12-10/h5,7,11H,3-4,6H2,1-2H3. The van der Waals surface area contributed by atoms with Crippen LogP contribution in [0.15, 0.2) is 10.5 Å². The molecule has 0 fully saturated rings. The van der Waals surface area contributed by atoms with Crippen LogP contribution in [-0.4, -0.2) is 6.54 Å². The van der Waals surface area contributed by atoms with Crippen LogP contribution in [0.5, 0.6) is 0 Å². The van der Waals surface area contributed by atoms with E-state index in [2.05, 4.69) is 25.2 Å². The Morgan fingerprint density at radius 2 is 2.33 bits per heavy atom. The van der Waals surface area contributed by atoms with Gasteiger partial charge in [-0.25, -0.2) is 0 Å². The van der Waals surface area contributed by atoms with Gasteiger partial charge in [0.1, 0.15) is 11.5 Å². The van der Waals surface area contributed by atoms with Gasteiger partial charge in [0, 0.05) is 31.0 Å². The third-order valence-electron chi connectivity index (χ3n) is 2.33. The molecule has 0 radical (unpaired) electrons. The highest BCUT2D eigenvalue weighted by atomic mass is 16.3. The minimum Gasteiger partial charge on any atom is -0.465 e. The summed E-state index contributed by atoms with van der Waals surface area (Å²) >= 11 is 0. The Hall–Kier alpha value is -0.760. The largest absolute Gasteiger partial charge is 0.465 e. The zero-order chi connectivity index (χ0) is 8.55. The van der Waals surface area contributed by atoms with Crippen molar-refractivity contribution < 1.29 is 4.42 Å². The highest BCUT2D eigenvalue weighted by Gasteiger charge is 2.15. The molecule has 2 rings (SSSR count). The summed E-state index contributed by atoms with van der Waals surface area (Å²) in [7, 11) is 0. The van der Waals surface area contributed by atoms with Gasteiger partial charge in [0.05, 0.1) is 0 Å². The van der Waals surface area contributed by atoms with Gasteiger partial charge in [-0.3, -0.25) is 0 Å². The molecule has 2 heterocycles. The molecule has 0 aliphatic carbocycles. The second-order valence-electron chi connectivity index (χ2n) is 3.68. The highest BCUT2D eigenvalue weighted by Crippen LogP contribution is 2.24. The summed E-state index contributed by atoms with van der Waals surface area (Å²) < 4.78 is 5.73. The fourth-order valence-electron chi connectivity index (χ4n) is 1.56. The van der Waals surface area contributed by atoms with E-state index in [1.54, 1.807) is 0 Å². The molecule has 1 N–H and O–H groups in total. The van der Waals surface area contributed by atoms with Crippen molar-refractivity contribution in [1.82, 2.24) is 5.32 Å². The van der Waals surface area contributed by atoms with Crippen LogP contribution < -0.4 is 5.32 Å². The molecular formula is C10H15NO. The van der Waals surface area contributed by atoms with Crippen molar-refractivity contribution in [2.75, 3.05) is 6.54 Å². The van der Waals surface area contributed by atoms with E-state index in [0.29, 0.717) is 5.92 Å². The van der Waals surface area contributed by atoms with E-state index in [0.717, 1.165) is 25.3 Å². The van der Waals surface area contributed by atoms with E-state index in [1.165, 1.54) is 11.3 Å². The molecule has 0 unspecified atom stereocenters. The third-order valence-corrected chi connectivity index (χ3v) is 2.33. The molecule has 0 aromatic carbocycles. The summed E-state index contributed by atoms with van der Waals surface area (Å²) in [6, 6.07) is 2.19. The molecule has 66 valence electrons. The van der Waals surface area contributed by atoms with Crippen LogP contribution in [0.2, 0.25) is 0 Å². The molecule has 2 nitrogen and oxygen atoms in total. The highest BCUT2D eigenvalue weighted by molar-refractivity contribution is 5.25. The third kappa shape index (κ3) is 1.27. The van der Waals surface area contributed by atoms with E-state index in [-0.39, 0.29) is 0 Å². The van der Waals surface area contributed by atoms with Crippen molar-refractivity contribution in [3.05, 3.63) is 23.2 Å². The summed E-state index contributed by atoms with van der Waals surface area (Å²) in [5, 5.41) is 3.33. The first-order chi connectivity index (χ1) is 5.77. The Morgan fingerprint density at radius 1 is 1.50 bits per heavy atom. The number of hydrogen-bond acceptors (Lipinski definition) is 2. The number of rotatable bonds is 1. The molecule has 0 amide bonds. The van der Waals surface area contributed by atoms with Crippen LogP contribution in [-0.2, 0) is 13.0 Å². The molecule has 0 atom stereocenters. The molecule has 1 aliphatic rings. The summed E-state index contributed by atoms with van der Waals surface area (Å²) in [5.74, 6) is 2.83. The Balaban J connectivity index is 2.32. The lowest BCUT2D eigenvalue weighted by molar-refractivity contribution is 0.429. The van der Waals surface area contributed by atoms with Gasteiger partial charge in [0.15, 0.2) is 0 Å². The molecule has 0 saturated carbocycles. The van der Waals surface area contributed by atoms with E-state index < -0.39 is 0 Å². The number of nitrogens with one attached hydrogen (secondary N) is 1. The molecule has 0 bridgehead atoms. The van der Waals surface area contributed by atoms with Crippen molar-refractivity contribution in [2.45, 2.75) is 32.7 Å². The molecule has 1 aromatic heterocycles. The SMILES string of the molecule is CC(C)c1cc2c(o1)CCNC2. The zero-order valence-electron chi connectivity index (χ0n) is 7.68. The predicted molar refractivity (Wildman–Crippen MR) is 48.2 cm³/mol. The van der Waals surface area contributed by atoms with Gasteiger partial charge >= 0.3 is 0 Å². The van der Waals surface area contributed by atoms with Crippen molar-refractivity contribution in [1.29, 1.82) is 0 Å². The summed E-state index contributed by atoms with van der Waals surface area (Å²) in [4.78, 5) is 0. The Kier molecular flexibility index (Phi) is 1.93. The molecule has 1 aliphatic heterocycles. The van der Waals surface area contributed by atoms with Crippen LogP contribution >= 0.6 is 0 Å². The molecule has 2 heteroatoms. The fraction of sp³-hybridized carbons (Fsp3) is 0.600. The summed E-state index contributed by atoms with van der Waals surface area (Å²) in [6.45, 7) is 6.36. The van der Waals surface area contributed by atoms with Crippen LogP contribution in [0.4, 0.5) is 0 Å². The first-order valence-corrected chi connectivity index (χ1v) is 4.59. The minimum absolute atomic E-state index is 0.510. The van der Waals surface area contributed by atoms with E-state index in [1.807, 2.05) is 0 Å². The summed E-state index contributed by atoms with van der Waals surface area (Å²) in [5.41, 5.74) is 1.35. The van der Waals surface area contributed by atoms with Gasteiger partial charge in [0.2, 0.25) is 0 Å². The second-order valence-corrected chi connectivity index (χ2v) is 3.68. The van der Waals surface area contributed by atoms with Gasteiger partial charge in [-0.2, -0.15) is 0 Å². The predicted octanol–water partition coefficient (Wildman–Crippen LogP) is 2.05. The smallest absolute Gasteiger partial charge is 0.109 e. The van der Waals surface area contributed by atoms with Gasteiger partial charge in [-0.1, -0.05) is 13.8 Å². The monoisotopic (exact) mass is 165 g/mol. The van der Waals surface area contributed by atoms with E-state index in [9.17, 15) is 0 Å². The average molecular weight is 165 g/mol. The first kappa shape index (κ1) is 7.87. The fourth-order valence-corrected chi connectivity index (χ4v) is 1.56. The van der Waals surface area contributed by atoms with Crippen molar-refractivity contribution >= 4 is 0 Å². The molecule has 12 heavy (non-hydrogen) atoms. The lowest BCUT2D eigenvalue weighted by atomic mass is 10.1. The maximum absolute atomic E-state index is 5.73. The van der Waals surface area contributed by atoms with E-state index in [4.69, 9.17) is 4.42 Å². The maximum atomic E-state index is 5.73. The van der Waals surface area contributed by atoms with Gasteiger partial charge in [-0.15, -0.1) is 0 Å². The van der Waals surface area contributed by atoms with Gasteiger partial charge < -0.3 is 9.73 Å². The van der Waals surface area contributed by atoms with Crippen molar-refractivity contribution in [2.24, 2.45) is 0 Å². The van der Waals surface area contributed by atoms with Gasteiger partial charge in [-0.05, 0) is 6.07 Å². The minimum atomic E-state index is 0.510. The Bertz CT molecular complexity index is 252. The van der Waals surface area contributed by atoms with E-state index >= 15 is 0 Å². The zero-order valence-corrected chi connectivity index (χ0v) is 7.68. The van der Waals surface area contributed by atoms with Crippen molar-refractivity contribution in [3.8, 4) is 0 Å². The molecule has 1 aromatic rings. The number of furan rings is 1. The lowest BCUT2D eigenvalue weighted by Crippen LogP contribution is -2.22. The Morgan fingerprint density at radius 3 is 3.00 bits per heavy atom. The maximum Gasteiger partial charge on any atom is 0.109 e.